The van der Waals surface area contributed by atoms with Crippen LogP contribution in [0.1, 0.15) is 87.3 Å². The van der Waals surface area contributed by atoms with Crippen molar-refractivity contribution in [3.8, 4) is 0 Å². The van der Waals surface area contributed by atoms with Crippen molar-refractivity contribution in [1.82, 2.24) is 4.90 Å². The summed E-state index contributed by atoms with van der Waals surface area (Å²) in [4.78, 5) is 2.83. The molecule has 0 radical (unpaired) electrons. The van der Waals surface area contributed by atoms with Crippen LogP contribution in [0.4, 0.5) is 0 Å². The molecule has 2 unspecified atom stereocenters. The zero-order chi connectivity index (χ0) is 20.8. The molecule has 1 aliphatic heterocycles. The van der Waals surface area contributed by atoms with E-state index in [0.29, 0.717) is 5.92 Å². The molecule has 0 bridgehead atoms. The summed E-state index contributed by atoms with van der Waals surface area (Å²) in [6, 6.07) is 20.5. The van der Waals surface area contributed by atoms with Gasteiger partial charge in [-0.3, -0.25) is 4.90 Å². The highest BCUT2D eigenvalue weighted by molar-refractivity contribution is 5.78. The summed E-state index contributed by atoms with van der Waals surface area (Å²) < 4.78 is 0. The maximum Gasteiger partial charge on any atom is 0.00981 e. The van der Waals surface area contributed by atoms with E-state index in [0.717, 1.165) is 17.5 Å². The Kier molecular flexibility index (Phi) is 7.44. The molecule has 4 rings (SSSR count). The number of hydrogen-bond acceptors (Lipinski definition) is 1. The molecule has 2 fully saturated rings. The number of likely N-dealkylation sites (tertiary alicyclic amines) is 1. The lowest BCUT2D eigenvalue weighted by Gasteiger charge is -2.40. The molecule has 0 N–H and O–H groups in total. The second-order valence-electron chi connectivity index (χ2n) is 9.76. The molecular formula is C29H39N. The van der Waals surface area contributed by atoms with E-state index in [-0.39, 0.29) is 0 Å². The summed E-state index contributed by atoms with van der Waals surface area (Å²) in [5, 5.41) is 0. The Morgan fingerprint density at radius 2 is 1.63 bits per heavy atom. The molecule has 0 spiro atoms. The molecular weight excluding hydrogens is 362 g/mol. The lowest BCUT2D eigenvalue weighted by molar-refractivity contribution is 0.111. The highest BCUT2D eigenvalue weighted by atomic mass is 15.2. The number of rotatable bonds is 7. The monoisotopic (exact) mass is 401 g/mol. The van der Waals surface area contributed by atoms with Gasteiger partial charge in [0.2, 0.25) is 0 Å². The topological polar surface area (TPSA) is 3.24 Å². The summed E-state index contributed by atoms with van der Waals surface area (Å²) in [5.74, 6) is 1.54. The van der Waals surface area contributed by atoms with E-state index in [1.54, 1.807) is 0 Å². The number of nitrogens with zero attached hydrogens (tertiary/aromatic N) is 1. The molecule has 0 amide bonds. The Morgan fingerprint density at radius 1 is 0.900 bits per heavy atom. The van der Waals surface area contributed by atoms with Crippen LogP contribution in [0, 0.1) is 5.92 Å². The molecule has 1 saturated carbocycles. The minimum Gasteiger partial charge on any atom is -0.300 e. The van der Waals surface area contributed by atoms with Gasteiger partial charge in [-0.05, 0) is 59.9 Å². The number of hydrogen-bond donors (Lipinski definition) is 0. The number of benzene rings is 2. The van der Waals surface area contributed by atoms with Crippen LogP contribution < -0.4 is 0 Å². The minimum atomic E-state index is 0.556. The SMILES string of the molecule is C=C(c1ccccc1)c1cccc(C(C)CN2CCCCC2CC2CCCCC2)c1. The third kappa shape index (κ3) is 5.43. The maximum absolute atomic E-state index is 4.38. The van der Waals surface area contributed by atoms with Crippen LogP contribution in [0.15, 0.2) is 61.2 Å². The van der Waals surface area contributed by atoms with Gasteiger partial charge >= 0.3 is 0 Å². The molecule has 0 aromatic heterocycles. The lowest BCUT2D eigenvalue weighted by Crippen LogP contribution is -2.42. The maximum atomic E-state index is 4.38. The third-order valence-electron chi connectivity index (χ3n) is 7.51. The summed E-state index contributed by atoms with van der Waals surface area (Å²) in [6.07, 6.45) is 13.0. The molecule has 2 aliphatic rings. The van der Waals surface area contributed by atoms with Gasteiger partial charge in [0.1, 0.15) is 0 Å². The van der Waals surface area contributed by atoms with E-state index in [2.05, 4.69) is 73.0 Å². The van der Waals surface area contributed by atoms with Crippen molar-refractivity contribution in [1.29, 1.82) is 0 Å². The van der Waals surface area contributed by atoms with Gasteiger partial charge in [0.25, 0.3) is 0 Å². The van der Waals surface area contributed by atoms with Crippen LogP contribution in [0.5, 0.6) is 0 Å². The van der Waals surface area contributed by atoms with Crippen LogP contribution in [0.2, 0.25) is 0 Å². The van der Waals surface area contributed by atoms with Crippen LogP contribution >= 0.6 is 0 Å². The fraction of sp³-hybridized carbons (Fsp3) is 0.517. The largest absolute Gasteiger partial charge is 0.300 e. The van der Waals surface area contributed by atoms with E-state index >= 15 is 0 Å². The Labute approximate surface area is 184 Å². The third-order valence-corrected chi connectivity index (χ3v) is 7.51. The van der Waals surface area contributed by atoms with Gasteiger partial charge in [-0.25, -0.2) is 0 Å². The first-order chi connectivity index (χ1) is 14.7. The van der Waals surface area contributed by atoms with E-state index in [9.17, 15) is 0 Å². The van der Waals surface area contributed by atoms with E-state index < -0.39 is 0 Å². The molecule has 1 heteroatoms. The Hall–Kier alpha value is -1.86. The molecule has 2 aromatic carbocycles. The molecule has 1 aliphatic carbocycles. The summed E-state index contributed by atoms with van der Waals surface area (Å²) in [5.41, 5.74) is 5.04. The fourth-order valence-corrected chi connectivity index (χ4v) is 5.67. The van der Waals surface area contributed by atoms with Gasteiger partial charge in [-0.2, -0.15) is 0 Å². The molecule has 160 valence electrons. The zero-order valence-electron chi connectivity index (χ0n) is 18.9. The second kappa shape index (κ2) is 10.4. The average molecular weight is 402 g/mol. The van der Waals surface area contributed by atoms with Crippen molar-refractivity contribution in [3.63, 3.8) is 0 Å². The van der Waals surface area contributed by atoms with E-state index in [1.165, 1.54) is 87.6 Å². The summed E-state index contributed by atoms with van der Waals surface area (Å²) in [7, 11) is 0. The van der Waals surface area contributed by atoms with E-state index in [1.807, 2.05) is 0 Å². The quantitative estimate of drug-likeness (QED) is 0.460. The molecule has 30 heavy (non-hydrogen) atoms. The van der Waals surface area contributed by atoms with Crippen LogP contribution in [0.3, 0.4) is 0 Å². The van der Waals surface area contributed by atoms with Crippen molar-refractivity contribution in [2.75, 3.05) is 13.1 Å². The van der Waals surface area contributed by atoms with Gasteiger partial charge in [0, 0.05) is 12.6 Å². The first-order valence-electron chi connectivity index (χ1n) is 12.3. The molecule has 1 heterocycles. The molecule has 2 atom stereocenters. The Morgan fingerprint density at radius 3 is 2.43 bits per heavy atom. The van der Waals surface area contributed by atoms with Crippen molar-refractivity contribution in [3.05, 3.63) is 77.9 Å². The second-order valence-corrected chi connectivity index (χ2v) is 9.76. The highest BCUT2D eigenvalue weighted by Crippen LogP contribution is 2.33. The lowest BCUT2D eigenvalue weighted by atomic mass is 9.82. The van der Waals surface area contributed by atoms with Gasteiger partial charge in [0.05, 0.1) is 0 Å². The first kappa shape index (κ1) is 21.4. The van der Waals surface area contributed by atoms with Crippen LogP contribution in [0.25, 0.3) is 5.57 Å². The minimum absolute atomic E-state index is 0.556. The van der Waals surface area contributed by atoms with Gasteiger partial charge < -0.3 is 0 Å². The first-order valence-corrected chi connectivity index (χ1v) is 12.3. The smallest absolute Gasteiger partial charge is 0.00981 e. The van der Waals surface area contributed by atoms with Crippen molar-refractivity contribution in [2.24, 2.45) is 5.92 Å². The zero-order valence-corrected chi connectivity index (χ0v) is 18.9. The van der Waals surface area contributed by atoms with Gasteiger partial charge in [-0.15, -0.1) is 0 Å². The Bertz CT molecular complexity index is 802. The van der Waals surface area contributed by atoms with Crippen molar-refractivity contribution < 1.29 is 0 Å². The summed E-state index contributed by atoms with van der Waals surface area (Å²) in [6.45, 7) is 9.27. The molecule has 2 aromatic rings. The normalized spacial score (nSPS) is 22.0. The van der Waals surface area contributed by atoms with E-state index in [4.69, 9.17) is 0 Å². The van der Waals surface area contributed by atoms with Crippen LogP contribution in [-0.4, -0.2) is 24.0 Å². The average Bonchev–Trinajstić information content (AvgIpc) is 2.81. The predicted molar refractivity (Wildman–Crippen MR) is 130 cm³/mol. The summed E-state index contributed by atoms with van der Waals surface area (Å²) >= 11 is 0. The predicted octanol–water partition coefficient (Wildman–Crippen LogP) is 7.68. The van der Waals surface area contributed by atoms with Crippen molar-refractivity contribution in [2.45, 2.75) is 76.7 Å². The number of piperidine rings is 1. The van der Waals surface area contributed by atoms with Crippen LogP contribution in [-0.2, 0) is 0 Å². The highest BCUT2D eigenvalue weighted by Gasteiger charge is 2.27. The Balaban J connectivity index is 1.42. The van der Waals surface area contributed by atoms with Crippen molar-refractivity contribution >= 4 is 5.57 Å². The molecule has 1 nitrogen and oxygen atoms in total. The molecule has 1 saturated heterocycles. The fourth-order valence-electron chi connectivity index (χ4n) is 5.67. The van der Waals surface area contributed by atoms with Gasteiger partial charge in [0.15, 0.2) is 0 Å². The standard InChI is InChI=1S/C29H39N/c1-23(22-30-19-10-9-18-29(30)20-25-12-5-3-6-13-25)27-16-11-17-28(21-27)24(2)26-14-7-4-8-15-26/h4,7-8,11,14-17,21,23,25,29H,2-3,5-6,9-10,12-13,18-20,22H2,1H3. The van der Waals surface area contributed by atoms with Gasteiger partial charge in [-0.1, -0.05) is 107 Å².